The molecule has 27 heavy (non-hydrogen) atoms. The van der Waals surface area contributed by atoms with Gasteiger partial charge in [-0.1, -0.05) is 32.0 Å². The van der Waals surface area contributed by atoms with Gasteiger partial charge in [-0.15, -0.1) is 11.3 Å². The van der Waals surface area contributed by atoms with E-state index in [1.807, 2.05) is 59.3 Å². The zero-order valence-electron chi connectivity index (χ0n) is 15.0. The Morgan fingerprint density at radius 3 is 2.59 bits per heavy atom. The highest BCUT2D eigenvalue weighted by Gasteiger charge is 2.19. The molecular formula is C20H19N5OS. The number of aromatic nitrogens is 3. The van der Waals surface area contributed by atoms with Crippen molar-refractivity contribution >= 4 is 33.8 Å². The van der Waals surface area contributed by atoms with Gasteiger partial charge in [-0.3, -0.25) is 0 Å². The van der Waals surface area contributed by atoms with Gasteiger partial charge in [0, 0.05) is 29.0 Å². The van der Waals surface area contributed by atoms with E-state index in [4.69, 9.17) is 5.73 Å². The molecule has 0 unspecified atom stereocenters. The van der Waals surface area contributed by atoms with Crippen molar-refractivity contribution in [1.82, 2.24) is 14.4 Å². The van der Waals surface area contributed by atoms with Crippen molar-refractivity contribution in [2.24, 2.45) is 5.73 Å². The number of rotatable bonds is 4. The Morgan fingerprint density at radius 2 is 1.96 bits per heavy atom. The Labute approximate surface area is 160 Å². The molecule has 3 aromatic heterocycles. The van der Waals surface area contributed by atoms with Crippen LogP contribution in [0.1, 0.15) is 24.6 Å². The fourth-order valence-electron chi connectivity index (χ4n) is 2.83. The summed E-state index contributed by atoms with van der Waals surface area (Å²) in [5, 5.41) is 0.576. The average Bonchev–Trinajstić information content (AvgIpc) is 3.29. The number of carbonyl (C=O) groups excluding carboxylic acids is 1. The van der Waals surface area contributed by atoms with E-state index in [1.165, 1.54) is 16.2 Å². The molecular weight excluding hydrogens is 358 g/mol. The summed E-state index contributed by atoms with van der Waals surface area (Å²) in [6.45, 7) is 4.19. The topological polar surface area (TPSA) is 76.5 Å². The van der Waals surface area contributed by atoms with Crippen LogP contribution in [0.25, 0.3) is 16.9 Å². The van der Waals surface area contributed by atoms with Crippen LogP contribution in [0.4, 0.5) is 15.6 Å². The van der Waals surface area contributed by atoms with Gasteiger partial charge in [0.1, 0.15) is 5.65 Å². The number of hydrogen-bond donors (Lipinski definition) is 1. The molecule has 0 radical (unpaired) electrons. The minimum Gasteiger partial charge on any atom is -0.351 e. The fraction of sp³-hybridized carbons (Fsp3) is 0.150. The molecule has 0 aliphatic carbocycles. The molecule has 1 aromatic carbocycles. The van der Waals surface area contributed by atoms with Gasteiger partial charge in [0.05, 0.1) is 11.4 Å². The molecule has 0 saturated heterocycles. The molecule has 4 aromatic rings. The number of carbonyl (C=O) groups is 1. The first kappa shape index (κ1) is 17.2. The minimum atomic E-state index is -0.555. The second kappa shape index (κ2) is 6.85. The SMILES string of the molecule is CC(C)c1cnc(N(C(N)=O)c2ccc(-c3cn4ccccc4n3)cc2)s1. The lowest BCUT2D eigenvalue weighted by atomic mass is 10.1. The molecule has 136 valence electrons. The van der Waals surface area contributed by atoms with Gasteiger partial charge in [-0.05, 0) is 30.2 Å². The number of imidazole rings is 1. The molecule has 2 amide bonds. The second-order valence-electron chi connectivity index (χ2n) is 6.51. The van der Waals surface area contributed by atoms with E-state index in [9.17, 15) is 4.79 Å². The summed E-state index contributed by atoms with van der Waals surface area (Å²) < 4.78 is 1.97. The van der Waals surface area contributed by atoms with Crippen LogP contribution in [-0.2, 0) is 0 Å². The van der Waals surface area contributed by atoms with Crippen LogP contribution in [-0.4, -0.2) is 20.4 Å². The summed E-state index contributed by atoms with van der Waals surface area (Å²) >= 11 is 1.47. The fourth-order valence-corrected chi connectivity index (χ4v) is 3.78. The van der Waals surface area contributed by atoms with Gasteiger partial charge in [-0.2, -0.15) is 0 Å². The average molecular weight is 377 g/mol. The van der Waals surface area contributed by atoms with Crippen molar-refractivity contribution in [3.8, 4) is 11.3 Å². The third kappa shape index (κ3) is 3.29. The molecule has 0 aliphatic heterocycles. The third-order valence-corrected chi connectivity index (χ3v) is 5.56. The molecule has 6 nitrogen and oxygen atoms in total. The number of hydrogen-bond acceptors (Lipinski definition) is 4. The van der Waals surface area contributed by atoms with Gasteiger partial charge in [0.25, 0.3) is 0 Å². The van der Waals surface area contributed by atoms with Crippen LogP contribution in [0.5, 0.6) is 0 Å². The standard InChI is InChI=1S/C20H19N5OS/c1-13(2)17-11-22-20(27-17)25(19(21)26)15-8-6-14(7-9-15)16-12-24-10-4-3-5-18(24)23-16/h3-13H,1-2H3,(H2,21,26). The van der Waals surface area contributed by atoms with Crippen LogP contribution in [0, 0.1) is 0 Å². The third-order valence-electron chi connectivity index (χ3n) is 4.28. The predicted molar refractivity (Wildman–Crippen MR) is 109 cm³/mol. The Hall–Kier alpha value is -3.19. The molecule has 2 N–H and O–H groups in total. The van der Waals surface area contributed by atoms with Crippen molar-refractivity contribution in [1.29, 1.82) is 0 Å². The minimum absolute atomic E-state index is 0.350. The van der Waals surface area contributed by atoms with Crippen LogP contribution in [0.3, 0.4) is 0 Å². The van der Waals surface area contributed by atoms with E-state index in [0.717, 1.165) is 21.8 Å². The lowest BCUT2D eigenvalue weighted by molar-refractivity contribution is 0.256. The molecule has 0 aliphatic rings. The Bertz CT molecular complexity index is 1060. The van der Waals surface area contributed by atoms with Gasteiger partial charge < -0.3 is 10.1 Å². The largest absolute Gasteiger partial charge is 0.351 e. The summed E-state index contributed by atoms with van der Waals surface area (Å²) in [4.78, 5) is 23.6. The molecule has 3 heterocycles. The van der Waals surface area contributed by atoms with Gasteiger partial charge in [0.15, 0.2) is 5.13 Å². The van der Waals surface area contributed by atoms with Crippen LogP contribution in [0.2, 0.25) is 0 Å². The second-order valence-corrected chi connectivity index (χ2v) is 7.55. The number of anilines is 2. The molecule has 4 rings (SSSR count). The van der Waals surface area contributed by atoms with E-state index in [0.29, 0.717) is 16.7 Å². The zero-order valence-corrected chi connectivity index (χ0v) is 15.9. The number of urea groups is 1. The van der Waals surface area contributed by atoms with Crippen molar-refractivity contribution in [2.45, 2.75) is 19.8 Å². The molecule has 0 bridgehead atoms. The van der Waals surface area contributed by atoms with E-state index >= 15 is 0 Å². The normalized spacial score (nSPS) is 11.2. The first-order chi connectivity index (χ1) is 13.0. The van der Waals surface area contributed by atoms with Crippen LogP contribution in [0.15, 0.2) is 61.1 Å². The van der Waals surface area contributed by atoms with Gasteiger partial charge in [0.2, 0.25) is 0 Å². The van der Waals surface area contributed by atoms with E-state index in [-0.39, 0.29) is 0 Å². The number of fused-ring (bicyclic) bond motifs is 1. The first-order valence-electron chi connectivity index (χ1n) is 8.62. The highest BCUT2D eigenvalue weighted by Crippen LogP contribution is 2.33. The highest BCUT2D eigenvalue weighted by molar-refractivity contribution is 7.15. The molecule has 0 atom stereocenters. The molecule has 0 fully saturated rings. The maximum atomic E-state index is 12.1. The van der Waals surface area contributed by atoms with Gasteiger partial charge >= 0.3 is 6.03 Å². The number of amides is 2. The van der Waals surface area contributed by atoms with Crippen LogP contribution >= 0.6 is 11.3 Å². The smallest absolute Gasteiger partial charge is 0.325 e. The number of pyridine rings is 1. The number of thiazole rings is 1. The number of primary amides is 1. The van der Waals surface area contributed by atoms with Crippen molar-refractivity contribution in [3.05, 3.63) is 65.9 Å². The maximum Gasteiger partial charge on any atom is 0.325 e. The lowest BCUT2D eigenvalue weighted by Crippen LogP contribution is -2.31. The first-order valence-corrected chi connectivity index (χ1v) is 9.44. The summed E-state index contributed by atoms with van der Waals surface area (Å²) in [5.41, 5.74) is 9.03. The number of benzene rings is 1. The van der Waals surface area contributed by atoms with Gasteiger partial charge in [-0.25, -0.2) is 19.7 Å². The van der Waals surface area contributed by atoms with E-state index in [2.05, 4.69) is 23.8 Å². The van der Waals surface area contributed by atoms with E-state index < -0.39 is 6.03 Å². The van der Waals surface area contributed by atoms with Crippen molar-refractivity contribution < 1.29 is 4.79 Å². The predicted octanol–water partition coefficient (Wildman–Crippen LogP) is 4.80. The molecule has 7 heteroatoms. The number of nitrogens with two attached hydrogens (primary N) is 1. The summed E-state index contributed by atoms with van der Waals surface area (Å²) in [5.74, 6) is 0.350. The highest BCUT2D eigenvalue weighted by atomic mass is 32.1. The Kier molecular flexibility index (Phi) is 4.37. The summed E-state index contributed by atoms with van der Waals surface area (Å²) in [7, 11) is 0. The van der Waals surface area contributed by atoms with Crippen molar-refractivity contribution in [2.75, 3.05) is 4.90 Å². The summed E-state index contributed by atoms with van der Waals surface area (Å²) in [6, 6.07) is 12.9. The number of nitrogens with zero attached hydrogens (tertiary/aromatic N) is 4. The monoisotopic (exact) mass is 377 g/mol. The molecule has 0 spiro atoms. The van der Waals surface area contributed by atoms with Crippen LogP contribution < -0.4 is 10.6 Å². The van der Waals surface area contributed by atoms with E-state index in [1.54, 1.807) is 6.20 Å². The lowest BCUT2D eigenvalue weighted by Gasteiger charge is -2.17. The summed E-state index contributed by atoms with van der Waals surface area (Å²) in [6.07, 6.45) is 5.74. The van der Waals surface area contributed by atoms with Crippen molar-refractivity contribution in [3.63, 3.8) is 0 Å². The molecule has 0 saturated carbocycles. The maximum absolute atomic E-state index is 12.1. The Morgan fingerprint density at radius 1 is 1.19 bits per heavy atom. The zero-order chi connectivity index (χ0) is 19.0. The Balaban J connectivity index is 1.67. The quantitative estimate of drug-likeness (QED) is 0.555.